The molecule has 6 nitrogen and oxygen atoms in total. The third kappa shape index (κ3) is 2.93. The molecular formula is C20H25ClN6. The number of fused-ring (bicyclic) bond motifs is 1. The average Bonchev–Trinajstić information content (AvgIpc) is 3.04. The lowest BCUT2D eigenvalue weighted by molar-refractivity contribution is 0.258. The smallest absolute Gasteiger partial charge is 0.181 e. The summed E-state index contributed by atoms with van der Waals surface area (Å²) in [5.74, 6) is 1.56. The first-order chi connectivity index (χ1) is 12.9. The summed E-state index contributed by atoms with van der Waals surface area (Å²) in [6.45, 7) is 7.32. The van der Waals surface area contributed by atoms with Crippen molar-refractivity contribution in [3.63, 3.8) is 0 Å². The van der Waals surface area contributed by atoms with Crippen LogP contribution in [0.3, 0.4) is 0 Å². The van der Waals surface area contributed by atoms with Crippen molar-refractivity contribution in [3.05, 3.63) is 41.2 Å². The van der Waals surface area contributed by atoms with E-state index in [9.17, 15) is 0 Å². The van der Waals surface area contributed by atoms with Crippen LogP contribution in [0.25, 0.3) is 16.8 Å². The molecule has 27 heavy (non-hydrogen) atoms. The highest BCUT2D eigenvalue weighted by Crippen LogP contribution is 2.35. The van der Waals surface area contributed by atoms with E-state index in [-0.39, 0.29) is 6.17 Å². The van der Waals surface area contributed by atoms with Gasteiger partial charge in [-0.25, -0.2) is 4.98 Å². The fourth-order valence-electron chi connectivity index (χ4n) is 3.98. The Kier molecular flexibility index (Phi) is 4.48. The Hall–Kier alpha value is -2.31. The van der Waals surface area contributed by atoms with Crippen LogP contribution in [-0.2, 0) is 0 Å². The summed E-state index contributed by atoms with van der Waals surface area (Å²) in [6, 6.07) is 7.62. The number of nitrogens with zero attached hydrogens (tertiary/aromatic N) is 4. The molecule has 0 saturated carbocycles. The van der Waals surface area contributed by atoms with Crippen molar-refractivity contribution in [2.75, 3.05) is 17.2 Å². The molecule has 1 saturated heterocycles. The molecule has 142 valence electrons. The van der Waals surface area contributed by atoms with Crippen LogP contribution in [0, 0.1) is 18.8 Å². The first-order valence-corrected chi connectivity index (χ1v) is 9.68. The van der Waals surface area contributed by atoms with E-state index < -0.39 is 0 Å². The maximum Gasteiger partial charge on any atom is 0.181 e. The highest BCUT2D eigenvalue weighted by Gasteiger charge is 2.32. The largest absolute Gasteiger partial charge is 0.383 e. The lowest BCUT2D eigenvalue weighted by atomic mass is 9.86. The second kappa shape index (κ2) is 6.69. The van der Waals surface area contributed by atoms with Gasteiger partial charge in [0.1, 0.15) is 11.5 Å². The van der Waals surface area contributed by atoms with Crippen LogP contribution in [0.4, 0.5) is 11.5 Å². The number of rotatable bonds is 2. The summed E-state index contributed by atoms with van der Waals surface area (Å²) in [4.78, 5) is 7.04. The molecule has 1 aromatic carbocycles. The lowest BCUT2D eigenvalue weighted by Crippen LogP contribution is -2.53. The van der Waals surface area contributed by atoms with Crippen molar-refractivity contribution in [2.24, 2.45) is 17.6 Å². The number of aromatic nitrogens is 3. The van der Waals surface area contributed by atoms with Crippen molar-refractivity contribution in [2.45, 2.75) is 33.4 Å². The maximum atomic E-state index is 6.52. The molecule has 1 aliphatic heterocycles. The Bertz CT molecular complexity index is 998. The third-order valence-electron chi connectivity index (χ3n) is 5.89. The summed E-state index contributed by atoms with van der Waals surface area (Å²) in [6.07, 6.45) is 2.86. The number of anilines is 2. The van der Waals surface area contributed by atoms with Gasteiger partial charge >= 0.3 is 0 Å². The van der Waals surface area contributed by atoms with Crippen LogP contribution in [0.5, 0.6) is 0 Å². The van der Waals surface area contributed by atoms with Gasteiger partial charge in [0.2, 0.25) is 0 Å². The van der Waals surface area contributed by atoms with Gasteiger partial charge in [0, 0.05) is 17.1 Å². The minimum absolute atomic E-state index is 0.0577. The summed E-state index contributed by atoms with van der Waals surface area (Å²) in [7, 11) is 0. The summed E-state index contributed by atoms with van der Waals surface area (Å²) < 4.78 is 1.70. The van der Waals surface area contributed by atoms with Gasteiger partial charge in [-0.3, -0.25) is 0 Å². The zero-order valence-electron chi connectivity index (χ0n) is 15.9. The lowest BCUT2D eigenvalue weighted by Gasteiger charge is -2.41. The minimum atomic E-state index is -0.0577. The predicted molar refractivity (Wildman–Crippen MR) is 111 cm³/mol. The number of hydrogen-bond donors (Lipinski definition) is 2. The highest BCUT2D eigenvalue weighted by atomic mass is 35.5. The number of nitrogens with two attached hydrogens (primary N) is 2. The second-order valence-electron chi connectivity index (χ2n) is 7.54. The van der Waals surface area contributed by atoms with Gasteiger partial charge < -0.3 is 16.4 Å². The summed E-state index contributed by atoms with van der Waals surface area (Å²) >= 11 is 6.16. The molecule has 3 atom stereocenters. The van der Waals surface area contributed by atoms with Gasteiger partial charge in [-0.05, 0) is 42.9 Å². The van der Waals surface area contributed by atoms with Gasteiger partial charge in [-0.1, -0.05) is 37.6 Å². The predicted octanol–water partition coefficient (Wildman–Crippen LogP) is 3.71. The minimum Gasteiger partial charge on any atom is -0.383 e. The van der Waals surface area contributed by atoms with Crippen molar-refractivity contribution in [1.82, 2.24) is 14.6 Å². The van der Waals surface area contributed by atoms with E-state index in [2.05, 4.69) is 23.8 Å². The molecule has 0 bridgehead atoms. The number of aryl methyl sites for hydroxylation is 1. The van der Waals surface area contributed by atoms with E-state index in [0.717, 1.165) is 41.1 Å². The number of nitrogen functional groups attached to an aromatic ring is 1. The topological polar surface area (TPSA) is 85.5 Å². The highest BCUT2D eigenvalue weighted by molar-refractivity contribution is 6.30. The van der Waals surface area contributed by atoms with E-state index >= 15 is 0 Å². The van der Waals surface area contributed by atoms with Gasteiger partial charge in [0.15, 0.2) is 5.65 Å². The molecule has 3 unspecified atom stereocenters. The molecular weight excluding hydrogens is 360 g/mol. The standard InChI is InChI=1S/C20H25ClN6/c1-11-7-8-26(18(22)12(11)2)16-10-24-27-19(23)17(13(3)25-20(16)27)14-5-4-6-15(21)9-14/h4-6,9-12,18H,7-8,22-23H2,1-3H3. The molecule has 0 aliphatic carbocycles. The van der Waals surface area contributed by atoms with Gasteiger partial charge in [-0.15, -0.1) is 0 Å². The monoisotopic (exact) mass is 384 g/mol. The van der Waals surface area contributed by atoms with E-state index in [0.29, 0.717) is 22.7 Å². The summed E-state index contributed by atoms with van der Waals surface area (Å²) in [5, 5.41) is 5.18. The van der Waals surface area contributed by atoms with E-state index in [1.165, 1.54) is 0 Å². The molecule has 3 aromatic rings. The van der Waals surface area contributed by atoms with E-state index in [1.54, 1.807) is 4.52 Å². The average molecular weight is 385 g/mol. The van der Waals surface area contributed by atoms with Crippen LogP contribution >= 0.6 is 11.6 Å². The normalized spacial score (nSPS) is 23.1. The van der Waals surface area contributed by atoms with Crippen LogP contribution in [0.1, 0.15) is 26.0 Å². The van der Waals surface area contributed by atoms with Crippen LogP contribution in [0.2, 0.25) is 5.02 Å². The Morgan fingerprint density at radius 1 is 1.26 bits per heavy atom. The Labute approximate surface area is 164 Å². The number of benzene rings is 1. The quantitative estimate of drug-likeness (QED) is 0.703. The molecule has 0 spiro atoms. The molecule has 4 N–H and O–H groups in total. The first kappa shape index (κ1) is 18.1. The van der Waals surface area contributed by atoms with Gasteiger partial charge in [-0.2, -0.15) is 9.61 Å². The van der Waals surface area contributed by atoms with Crippen molar-refractivity contribution >= 4 is 28.8 Å². The molecule has 4 rings (SSSR count). The fourth-order valence-corrected chi connectivity index (χ4v) is 4.17. The number of piperidine rings is 1. The van der Waals surface area contributed by atoms with Crippen LogP contribution in [-0.4, -0.2) is 27.3 Å². The molecule has 1 fully saturated rings. The van der Waals surface area contributed by atoms with Crippen LogP contribution in [0.15, 0.2) is 30.5 Å². The summed E-state index contributed by atoms with van der Waals surface area (Å²) in [5.41, 5.74) is 17.3. The van der Waals surface area contributed by atoms with Crippen LogP contribution < -0.4 is 16.4 Å². The van der Waals surface area contributed by atoms with Crippen molar-refractivity contribution in [3.8, 4) is 11.1 Å². The molecule has 0 amide bonds. The van der Waals surface area contributed by atoms with Crippen molar-refractivity contribution < 1.29 is 0 Å². The first-order valence-electron chi connectivity index (χ1n) is 9.30. The second-order valence-corrected chi connectivity index (χ2v) is 7.98. The zero-order chi connectivity index (χ0) is 19.3. The van der Waals surface area contributed by atoms with E-state index in [4.69, 9.17) is 28.1 Å². The number of hydrogen-bond acceptors (Lipinski definition) is 5. The molecule has 2 aromatic heterocycles. The van der Waals surface area contributed by atoms with Crippen molar-refractivity contribution in [1.29, 1.82) is 0 Å². The Balaban J connectivity index is 1.83. The number of halogens is 1. The Morgan fingerprint density at radius 3 is 2.78 bits per heavy atom. The molecule has 3 heterocycles. The Morgan fingerprint density at radius 2 is 2.04 bits per heavy atom. The molecule has 0 radical (unpaired) electrons. The van der Waals surface area contributed by atoms with E-state index in [1.807, 2.05) is 37.4 Å². The SMILES string of the molecule is Cc1nc2c(N3CCC(C)C(C)C3N)cnn2c(N)c1-c1cccc(Cl)c1. The van der Waals surface area contributed by atoms with Gasteiger partial charge in [0.05, 0.1) is 18.1 Å². The molecule has 7 heteroatoms. The fraction of sp³-hybridized carbons (Fsp3) is 0.400. The van der Waals surface area contributed by atoms with Gasteiger partial charge in [0.25, 0.3) is 0 Å². The zero-order valence-corrected chi connectivity index (χ0v) is 16.6. The maximum absolute atomic E-state index is 6.52. The third-order valence-corrected chi connectivity index (χ3v) is 6.12. The molecule has 1 aliphatic rings.